The summed E-state index contributed by atoms with van der Waals surface area (Å²) in [5.74, 6) is -1.62. The minimum absolute atomic E-state index is 0.0855. The third-order valence-electron chi connectivity index (χ3n) is 1.92. The maximum absolute atomic E-state index is 11.4. The molecule has 1 atom stereocenters. The molecular weight excluding hydrogens is 318 g/mol. The maximum atomic E-state index is 11.4. The van der Waals surface area contributed by atoms with Crippen LogP contribution in [-0.4, -0.2) is 20.2 Å². The van der Waals surface area contributed by atoms with Crippen LogP contribution in [-0.2, 0) is 9.59 Å². The fourth-order valence-electron chi connectivity index (χ4n) is 0.967. The highest BCUT2D eigenvalue weighted by molar-refractivity contribution is 9.25. The molecule has 1 aliphatic carbocycles. The van der Waals surface area contributed by atoms with E-state index in [1.54, 1.807) is 6.92 Å². The number of carbonyl (C=O) groups excluding carboxylic acids is 1. The molecule has 1 rings (SSSR count). The van der Waals surface area contributed by atoms with Gasteiger partial charge in [-0.1, -0.05) is 37.9 Å². The monoisotopic (exact) mass is 325 g/mol. The molecule has 0 heterocycles. The Morgan fingerprint density at radius 1 is 1.57 bits per heavy atom. The van der Waals surface area contributed by atoms with Crippen LogP contribution in [0.4, 0.5) is 0 Å². The van der Waals surface area contributed by atoms with Crippen LogP contribution >= 0.6 is 31.9 Å². The van der Waals surface area contributed by atoms with Gasteiger partial charge in [0.25, 0.3) is 0 Å². The van der Waals surface area contributed by atoms with Gasteiger partial charge in [-0.15, -0.1) is 0 Å². The average Bonchev–Trinajstić information content (AvgIpc) is 2.70. The van der Waals surface area contributed by atoms with Gasteiger partial charge >= 0.3 is 5.97 Å². The Morgan fingerprint density at radius 2 is 2.07 bits per heavy atom. The summed E-state index contributed by atoms with van der Waals surface area (Å²) < 4.78 is -0.346. The van der Waals surface area contributed by atoms with Crippen LogP contribution in [0, 0.1) is 5.92 Å². The highest BCUT2D eigenvalue weighted by Crippen LogP contribution is 2.56. The molecule has 1 amide bonds. The van der Waals surface area contributed by atoms with Crippen LogP contribution in [0.2, 0.25) is 0 Å². The number of carbonyl (C=O) groups is 2. The Labute approximate surface area is 98.0 Å². The van der Waals surface area contributed by atoms with Crippen molar-refractivity contribution in [2.45, 2.75) is 16.6 Å². The number of carboxylic acid groups (broad SMARTS) is 1. The van der Waals surface area contributed by atoms with Crippen molar-refractivity contribution in [1.82, 2.24) is 5.32 Å². The quantitative estimate of drug-likeness (QED) is 0.611. The lowest BCUT2D eigenvalue weighted by Gasteiger charge is -2.04. The normalized spacial score (nSPS) is 24.2. The van der Waals surface area contributed by atoms with Crippen molar-refractivity contribution >= 4 is 43.7 Å². The van der Waals surface area contributed by atoms with E-state index in [1.807, 2.05) is 0 Å². The molecule has 0 spiro atoms. The standard InChI is InChI=1S/C8H9Br2NO3/c1-2-5(7(13)14)11-6(12)4-3-8(4,9)10/h2,4H,3H2,1H3,(H,11,12)(H,13,14)/b5-2-. The Balaban J connectivity index is 2.54. The molecule has 0 aromatic heterocycles. The summed E-state index contributed by atoms with van der Waals surface area (Å²) in [5.41, 5.74) is -0.0855. The van der Waals surface area contributed by atoms with Crippen LogP contribution in [0.3, 0.4) is 0 Å². The van der Waals surface area contributed by atoms with Gasteiger partial charge in [-0.2, -0.15) is 0 Å². The highest BCUT2D eigenvalue weighted by atomic mass is 79.9. The lowest BCUT2D eigenvalue weighted by Crippen LogP contribution is -2.29. The molecular formula is C8H9Br2NO3. The summed E-state index contributed by atoms with van der Waals surface area (Å²) in [6, 6.07) is 0. The van der Waals surface area contributed by atoms with E-state index in [1.165, 1.54) is 6.08 Å². The summed E-state index contributed by atoms with van der Waals surface area (Å²) in [6.45, 7) is 1.56. The van der Waals surface area contributed by atoms with Crippen molar-refractivity contribution in [3.05, 3.63) is 11.8 Å². The second-order valence-electron chi connectivity index (χ2n) is 3.01. The SMILES string of the molecule is C/C=C(\NC(=O)C1CC1(Br)Br)C(=O)O. The third kappa shape index (κ3) is 2.57. The van der Waals surface area contributed by atoms with Gasteiger partial charge in [0.1, 0.15) is 5.70 Å². The number of nitrogens with one attached hydrogen (secondary N) is 1. The molecule has 0 aromatic rings. The molecule has 0 aliphatic heterocycles. The zero-order chi connectivity index (χ0) is 10.9. The van der Waals surface area contributed by atoms with E-state index in [4.69, 9.17) is 5.11 Å². The molecule has 14 heavy (non-hydrogen) atoms. The Bertz CT molecular complexity index is 312. The number of allylic oxidation sites excluding steroid dienone is 1. The molecule has 1 aliphatic rings. The molecule has 0 bridgehead atoms. The van der Waals surface area contributed by atoms with E-state index in [-0.39, 0.29) is 20.8 Å². The summed E-state index contributed by atoms with van der Waals surface area (Å²) in [5, 5.41) is 11.0. The van der Waals surface area contributed by atoms with Crippen LogP contribution in [0.25, 0.3) is 0 Å². The van der Waals surface area contributed by atoms with Crippen molar-refractivity contribution in [2.24, 2.45) is 5.92 Å². The van der Waals surface area contributed by atoms with Gasteiger partial charge in [-0.25, -0.2) is 4.79 Å². The Morgan fingerprint density at radius 3 is 2.36 bits per heavy atom. The zero-order valence-corrected chi connectivity index (χ0v) is 10.6. The molecule has 1 unspecified atom stereocenters. The lowest BCUT2D eigenvalue weighted by molar-refractivity contribution is -0.134. The van der Waals surface area contributed by atoms with Crippen molar-refractivity contribution in [3.63, 3.8) is 0 Å². The Hall–Kier alpha value is -0.360. The zero-order valence-electron chi connectivity index (χ0n) is 7.38. The Kier molecular flexibility index (Phi) is 3.36. The average molecular weight is 327 g/mol. The molecule has 6 heteroatoms. The van der Waals surface area contributed by atoms with Crippen molar-refractivity contribution in [3.8, 4) is 0 Å². The molecule has 78 valence electrons. The largest absolute Gasteiger partial charge is 0.477 e. The number of carboxylic acids is 1. The van der Waals surface area contributed by atoms with Crippen molar-refractivity contribution in [2.75, 3.05) is 0 Å². The molecule has 1 fully saturated rings. The van der Waals surface area contributed by atoms with Crippen LogP contribution in [0.1, 0.15) is 13.3 Å². The van der Waals surface area contributed by atoms with E-state index in [2.05, 4.69) is 37.2 Å². The number of halogens is 2. The first-order valence-electron chi connectivity index (χ1n) is 3.96. The molecule has 0 aromatic carbocycles. The molecule has 0 radical (unpaired) electrons. The van der Waals surface area contributed by atoms with Gasteiger partial charge in [0, 0.05) is 0 Å². The number of hydrogen-bond acceptors (Lipinski definition) is 2. The van der Waals surface area contributed by atoms with Gasteiger partial charge in [0.05, 0.1) is 9.15 Å². The van der Waals surface area contributed by atoms with E-state index in [0.717, 1.165) is 0 Å². The molecule has 2 N–H and O–H groups in total. The fourth-order valence-corrected chi connectivity index (χ4v) is 2.03. The van der Waals surface area contributed by atoms with Gasteiger partial charge < -0.3 is 10.4 Å². The second-order valence-corrected chi connectivity index (χ2v) is 6.91. The number of rotatable bonds is 3. The summed E-state index contributed by atoms with van der Waals surface area (Å²) in [6.07, 6.45) is 2.02. The summed E-state index contributed by atoms with van der Waals surface area (Å²) >= 11 is 6.58. The fraction of sp³-hybridized carbons (Fsp3) is 0.500. The first-order valence-corrected chi connectivity index (χ1v) is 5.55. The third-order valence-corrected chi connectivity index (χ3v) is 3.67. The van der Waals surface area contributed by atoms with Crippen molar-refractivity contribution in [1.29, 1.82) is 0 Å². The smallest absolute Gasteiger partial charge is 0.352 e. The first kappa shape index (κ1) is 11.7. The van der Waals surface area contributed by atoms with Crippen LogP contribution < -0.4 is 5.32 Å². The predicted molar refractivity (Wildman–Crippen MR) is 58.2 cm³/mol. The number of alkyl halides is 2. The number of hydrogen-bond donors (Lipinski definition) is 2. The molecule has 0 saturated heterocycles. The van der Waals surface area contributed by atoms with E-state index < -0.39 is 5.97 Å². The number of amides is 1. The van der Waals surface area contributed by atoms with Gasteiger partial charge in [0.15, 0.2) is 0 Å². The van der Waals surface area contributed by atoms with Gasteiger partial charge in [-0.3, -0.25) is 4.79 Å². The molecule has 1 saturated carbocycles. The first-order chi connectivity index (χ1) is 6.38. The maximum Gasteiger partial charge on any atom is 0.352 e. The second kappa shape index (κ2) is 4.02. The van der Waals surface area contributed by atoms with E-state index in [0.29, 0.717) is 6.42 Å². The summed E-state index contributed by atoms with van der Waals surface area (Å²) in [4.78, 5) is 22.0. The predicted octanol–water partition coefficient (Wildman–Crippen LogP) is 1.60. The lowest BCUT2D eigenvalue weighted by atomic mass is 10.3. The minimum atomic E-state index is -1.13. The van der Waals surface area contributed by atoms with Gasteiger partial charge in [-0.05, 0) is 13.3 Å². The van der Waals surface area contributed by atoms with Crippen LogP contribution in [0.15, 0.2) is 11.8 Å². The molecule has 4 nitrogen and oxygen atoms in total. The number of aliphatic carboxylic acids is 1. The highest BCUT2D eigenvalue weighted by Gasteiger charge is 2.55. The van der Waals surface area contributed by atoms with Gasteiger partial charge in [0.2, 0.25) is 5.91 Å². The van der Waals surface area contributed by atoms with E-state index in [9.17, 15) is 9.59 Å². The van der Waals surface area contributed by atoms with Crippen molar-refractivity contribution < 1.29 is 14.7 Å². The van der Waals surface area contributed by atoms with E-state index >= 15 is 0 Å². The minimum Gasteiger partial charge on any atom is -0.477 e. The summed E-state index contributed by atoms with van der Waals surface area (Å²) in [7, 11) is 0. The topological polar surface area (TPSA) is 66.4 Å². The van der Waals surface area contributed by atoms with Crippen LogP contribution in [0.5, 0.6) is 0 Å².